The molecule has 0 bridgehead atoms. The first-order valence-electron chi connectivity index (χ1n) is 6.15. The van der Waals surface area contributed by atoms with E-state index in [9.17, 15) is 4.79 Å². The van der Waals surface area contributed by atoms with Crippen LogP contribution in [0.25, 0.3) is 0 Å². The maximum absolute atomic E-state index is 12.0. The van der Waals surface area contributed by atoms with Gasteiger partial charge in [-0.3, -0.25) is 9.48 Å². The lowest BCUT2D eigenvalue weighted by Gasteiger charge is -2.03. The lowest BCUT2D eigenvalue weighted by atomic mass is 10.1. The fraction of sp³-hybridized carbons (Fsp3) is 0.200. The van der Waals surface area contributed by atoms with Crippen LogP contribution in [0, 0.1) is 11.8 Å². The third-order valence-electron chi connectivity index (χ3n) is 2.64. The van der Waals surface area contributed by atoms with E-state index >= 15 is 0 Å². The molecule has 5 nitrogen and oxygen atoms in total. The Kier molecular flexibility index (Phi) is 4.53. The number of rotatable bonds is 3. The van der Waals surface area contributed by atoms with Gasteiger partial charge in [0.05, 0.1) is 12.2 Å². The second-order valence-electron chi connectivity index (χ2n) is 4.20. The van der Waals surface area contributed by atoms with Crippen LogP contribution in [-0.4, -0.2) is 27.4 Å². The van der Waals surface area contributed by atoms with Crippen LogP contribution in [0.4, 0.5) is 0 Å². The van der Waals surface area contributed by atoms with Crippen LogP contribution < -0.4 is 5.32 Å². The molecule has 102 valence electrons. The van der Waals surface area contributed by atoms with Crippen LogP contribution >= 0.6 is 0 Å². The second-order valence-corrected chi connectivity index (χ2v) is 4.20. The third-order valence-corrected chi connectivity index (χ3v) is 2.64. The van der Waals surface area contributed by atoms with Gasteiger partial charge < -0.3 is 10.4 Å². The zero-order valence-electron chi connectivity index (χ0n) is 11.1. The fourth-order valence-electron chi connectivity index (χ4n) is 1.71. The maximum Gasteiger partial charge on any atom is 0.251 e. The Bertz CT molecular complexity index is 665. The van der Waals surface area contributed by atoms with Crippen molar-refractivity contribution in [1.29, 1.82) is 0 Å². The highest BCUT2D eigenvalue weighted by atomic mass is 16.2. The van der Waals surface area contributed by atoms with Gasteiger partial charge in [0.15, 0.2) is 0 Å². The largest absolute Gasteiger partial charge is 0.384 e. The molecule has 0 unspecified atom stereocenters. The summed E-state index contributed by atoms with van der Waals surface area (Å²) in [7, 11) is 1.83. The van der Waals surface area contributed by atoms with Gasteiger partial charge in [-0.05, 0) is 24.3 Å². The summed E-state index contributed by atoms with van der Waals surface area (Å²) in [5, 5.41) is 15.6. The van der Waals surface area contributed by atoms with Crippen LogP contribution in [0.3, 0.4) is 0 Å². The Morgan fingerprint density at radius 2 is 2.30 bits per heavy atom. The molecule has 0 radical (unpaired) electrons. The van der Waals surface area contributed by atoms with Crippen molar-refractivity contribution < 1.29 is 9.90 Å². The van der Waals surface area contributed by atoms with Gasteiger partial charge in [0.2, 0.25) is 0 Å². The fourth-order valence-corrected chi connectivity index (χ4v) is 1.71. The molecule has 0 aliphatic heterocycles. The van der Waals surface area contributed by atoms with Crippen molar-refractivity contribution in [3.05, 3.63) is 53.3 Å². The Hall–Kier alpha value is -2.58. The third kappa shape index (κ3) is 3.70. The van der Waals surface area contributed by atoms with Crippen molar-refractivity contribution in [3.63, 3.8) is 0 Å². The number of carbonyl (C=O) groups is 1. The summed E-state index contributed by atoms with van der Waals surface area (Å²) >= 11 is 0. The van der Waals surface area contributed by atoms with Gasteiger partial charge in [-0.25, -0.2) is 0 Å². The number of hydrogen-bond donors (Lipinski definition) is 2. The molecule has 0 aliphatic carbocycles. The molecule has 0 saturated carbocycles. The van der Waals surface area contributed by atoms with Crippen molar-refractivity contribution in [2.75, 3.05) is 6.61 Å². The number of nitrogens with zero attached hydrogens (tertiary/aromatic N) is 2. The lowest BCUT2D eigenvalue weighted by molar-refractivity contribution is 0.0950. The quantitative estimate of drug-likeness (QED) is 0.806. The van der Waals surface area contributed by atoms with Crippen LogP contribution in [0.1, 0.15) is 21.6 Å². The molecule has 1 aromatic carbocycles. The minimum absolute atomic E-state index is 0.177. The molecular formula is C15H15N3O2. The highest BCUT2D eigenvalue weighted by molar-refractivity contribution is 5.94. The van der Waals surface area contributed by atoms with Gasteiger partial charge in [0.25, 0.3) is 5.91 Å². The summed E-state index contributed by atoms with van der Waals surface area (Å²) in [6.07, 6.45) is 1.83. The minimum Gasteiger partial charge on any atom is -0.384 e. The first-order chi connectivity index (χ1) is 9.69. The van der Waals surface area contributed by atoms with E-state index in [2.05, 4.69) is 22.3 Å². The van der Waals surface area contributed by atoms with Crippen LogP contribution in [0.15, 0.2) is 36.5 Å². The van der Waals surface area contributed by atoms with Gasteiger partial charge in [-0.1, -0.05) is 17.9 Å². The summed E-state index contributed by atoms with van der Waals surface area (Å²) < 4.78 is 1.69. The van der Waals surface area contributed by atoms with Gasteiger partial charge in [-0.15, -0.1) is 0 Å². The highest BCUT2D eigenvalue weighted by Gasteiger charge is 2.06. The number of aliphatic hydroxyl groups is 1. The monoisotopic (exact) mass is 269 g/mol. The number of amides is 1. The summed E-state index contributed by atoms with van der Waals surface area (Å²) in [5.74, 6) is 5.15. The van der Waals surface area contributed by atoms with Crippen LogP contribution in [0.5, 0.6) is 0 Å². The predicted octanol–water partition coefficient (Wildman–Crippen LogP) is 0.694. The first kappa shape index (κ1) is 13.8. The minimum atomic E-state index is -0.198. The molecule has 0 fully saturated rings. The van der Waals surface area contributed by atoms with Gasteiger partial charge in [-0.2, -0.15) is 5.10 Å². The molecule has 5 heteroatoms. The molecule has 1 aromatic heterocycles. The van der Waals surface area contributed by atoms with E-state index in [1.807, 2.05) is 19.3 Å². The molecule has 0 aliphatic rings. The summed E-state index contributed by atoms with van der Waals surface area (Å²) in [4.78, 5) is 12.0. The zero-order chi connectivity index (χ0) is 14.4. The molecular weight excluding hydrogens is 254 g/mol. The number of nitrogens with one attached hydrogen (secondary N) is 1. The molecule has 1 amide bonds. The number of benzene rings is 1. The Morgan fingerprint density at radius 3 is 3.00 bits per heavy atom. The molecule has 2 rings (SSSR count). The van der Waals surface area contributed by atoms with Crippen LogP contribution in [-0.2, 0) is 13.6 Å². The average Bonchev–Trinajstić information content (AvgIpc) is 2.88. The van der Waals surface area contributed by atoms with E-state index in [0.29, 0.717) is 17.7 Å². The number of hydrogen-bond acceptors (Lipinski definition) is 3. The van der Waals surface area contributed by atoms with Crippen molar-refractivity contribution in [1.82, 2.24) is 15.1 Å². The molecule has 2 aromatic rings. The SMILES string of the molecule is Cn1ccc(CNC(=O)c2cccc(C#CCO)c2)n1. The first-order valence-corrected chi connectivity index (χ1v) is 6.15. The predicted molar refractivity (Wildman–Crippen MR) is 74.8 cm³/mol. The van der Waals surface area contributed by atoms with E-state index in [0.717, 1.165) is 5.69 Å². The van der Waals surface area contributed by atoms with Crippen LogP contribution in [0.2, 0.25) is 0 Å². The standard InChI is InChI=1S/C15H15N3O2/c1-18-8-7-14(17-18)11-16-15(20)13-6-2-4-12(10-13)5-3-9-19/h2,4,6-8,10,19H,9,11H2,1H3,(H,16,20). The Balaban J connectivity index is 2.01. The van der Waals surface area contributed by atoms with Gasteiger partial charge in [0, 0.05) is 24.4 Å². The summed E-state index contributed by atoms with van der Waals surface area (Å²) in [6.45, 7) is 0.183. The van der Waals surface area contributed by atoms with E-state index in [-0.39, 0.29) is 12.5 Å². The molecule has 0 saturated heterocycles. The molecule has 0 atom stereocenters. The Morgan fingerprint density at radius 1 is 1.45 bits per heavy atom. The summed E-state index contributed by atoms with van der Waals surface area (Å²) in [6, 6.07) is 8.81. The highest BCUT2D eigenvalue weighted by Crippen LogP contribution is 2.04. The van der Waals surface area contributed by atoms with Gasteiger partial charge >= 0.3 is 0 Å². The smallest absolute Gasteiger partial charge is 0.251 e. The van der Waals surface area contributed by atoms with E-state index in [1.165, 1.54) is 0 Å². The van der Waals surface area contributed by atoms with Crippen molar-refractivity contribution in [2.45, 2.75) is 6.54 Å². The van der Waals surface area contributed by atoms with E-state index in [4.69, 9.17) is 5.11 Å². The Labute approximate surface area is 117 Å². The molecule has 1 heterocycles. The molecule has 20 heavy (non-hydrogen) atoms. The second kappa shape index (κ2) is 6.55. The summed E-state index contributed by atoms with van der Waals surface area (Å²) in [5.41, 5.74) is 2.03. The maximum atomic E-state index is 12.0. The molecule has 0 spiro atoms. The topological polar surface area (TPSA) is 67.2 Å². The van der Waals surface area contributed by atoms with Gasteiger partial charge in [0.1, 0.15) is 6.61 Å². The normalized spacial score (nSPS) is 9.70. The number of aryl methyl sites for hydroxylation is 1. The van der Waals surface area contributed by atoms with Crippen molar-refractivity contribution in [2.24, 2.45) is 7.05 Å². The number of aromatic nitrogens is 2. The van der Waals surface area contributed by atoms with E-state index < -0.39 is 0 Å². The van der Waals surface area contributed by atoms with Crippen molar-refractivity contribution >= 4 is 5.91 Å². The average molecular weight is 269 g/mol. The number of aliphatic hydroxyl groups excluding tert-OH is 1. The molecule has 2 N–H and O–H groups in total. The lowest BCUT2D eigenvalue weighted by Crippen LogP contribution is -2.23. The number of carbonyl (C=O) groups excluding carboxylic acids is 1. The van der Waals surface area contributed by atoms with Crippen molar-refractivity contribution in [3.8, 4) is 11.8 Å². The van der Waals surface area contributed by atoms with E-state index in [1.54, 1.807) is 28.9 Å². The zero-order valence-corrected chi connectivity index (χ0v) is 11.1.